The largest absolute Gasteiger partial charge is 0.309 e. The third-order valence-electron chi connectivity index (χ3n) is 3.37. The first-order chi connectivity index (χ1) is 10.3. The second-order valence-electron chi connectivity index (χ2n) is 5.32. The molecule has 0 saturated carbocycles. The molecular formula is C12H18N4O4S2. The molecule has 1 aliphatic rings. The van der Waals surface area contributed by atoms with Gasteiger partial charge in [0, 0.05) is 20.4 Å². The summed E-state index contributed by atoms with van der Waals surface area (Å²) in [6.07, 6.45) is 1.21. The van der Waals surface area contributed by atoms with Gasteiger partial charge in [-0.25, -0.2) is 8.42 Å². The molecule has 22 heavy (non-hydrogen) atoms. The molecule has 0 spiro atoms. The Morgan fingerprint density at radius 1 is 1.41 bits per heavy atom. The second kappa shape index (κ2) is 6.78. The Morgan fingerprint density at radius 2 is 2.14 bits per heavy atom. The fraction of sp³-hybridized carbons (Fsp3) is 0.667. The highest BCUT2D eigenvalue weighted by atomic mass is 32.2. The van der Waals surface area contributed by atoms with Gasteiger partial charge in [0.1, 0.15) is 5.82 Å². The number of rotatable bonds is 5. The van der Waals surface area contributed by atoms with Gasteiger partial charge < -0.3 is 4.57 Å². The van der Waals surface area contributed by atoms with Crippen LogP contribution in [-0.4, -0.2) is 52.3 Å². The lowest BCUT2D eigenvalue weighted by Gasteiger charge is -2.07. The Kier molecular flexibility index (Phi) is 5.22. The Labute approximate surface area is 133 Å². The molecule has 1 atom stereocenters. The predicted molar refractivity (Wildman–Crippen MR) is 81.0 cm³/mol. The van der Waals surface area contributed by atoms with E-state index in [4.69, 9.17) is 0 Å². The standard InChI is InChI=1S/C12H18N4O4S2/c1-8(17)13-11(18)6-21-12-15-14-10(16(12)2)5-9-3-4-22(19,20)7-9/h9H,3-7H2,1-2H3,(H,13,17,18)/t9-/m0/s1. The van der Waals surface area contributed by atoms with Crippen molar-refractivity contribution in [2.75, 3.05) is 17.3 Å². The fourth-order valence-electron chi connectivity index (χ4n) is 2.30. The van der Waals surface area contributed by atoms with Gasteiger partial charge in [0.25, 0.3) is 0 Å². The number of hydrogen-bond donors (Lipinski definition) is 1. The molecule has 122 valence electrons. The molecule has 1 N–H and O–H groups in total. The maximum atomic E-state index is 11.5. The minimum absolute atomic E-state index is 0.0728. The van der Waals surface area contributed by atoms with Crippen molar-refractivity contribution in [3.63, 3.8) is 0 Å². The number of aromatic nitrogens is 3. The summed E-state index contributed by atoms with van der Waals surface area (Å²) in [6, 6.07) is 0. The zero-order valence-electron chi connectivity index (χ0n) is 12.4. The predicted octanol–water partition coefficient (Wildman–Crippen LogP) is -0.453. The molecule has 0 bridgehead atoms. The van der Waals surface area contributed by atoms with Gasteiger partial charge in [-0.3, -0.25) is 14.9 Å². The first-order valence-corrected chi connectivity index (χ1v) is 9.59. The number of imide groups is 1. The Balaban J connectivity index is 1.92. The fourth-order valence-corrected chi connectivity index (χ4v) is 4.89. The van der Waals surface area contributed by atoms with E-state index < -0.39 is 15.7 Å². The van der Waals surface area contributed by atoms with Crippen LogP contribution in [0.4, 0.5) is 0 Å². The molecular weight excluding hydrogens is 328 g/mol. The molecule has 2 rings (SSSR count). The van der Waals surface area contributed by atoms with E-state index in [-0.39, 0.29) is 29.1 Å². The Hall–Kier alpha value is -1.42. The number of hydrogen-bond acceptors (Lipinski definition) is 7. The number of nitrogens with zero attached hydrogens (tertiary/aromatic N) is 3. The summed E-state index contributed by atoms with van der Waals surface area (Å²) in [5, 5.41) is 10.8. The Bertz CT molecular complexity index is 683. The summed E-state index contributed by atoms with van der Waals surface area (Å²) in [7, 11) is -1.12. The number of amides is 2. The molecule has 1 aromatic rings. The molecule has 0 unspecified atom stereocenters. The first kappa shape index (κ1) is 16.9. The van der Waals surface area contributed by atoms with Gasteiger partial charge in [0.15, 0.2) is 15.0 Å². The minimum atomic E-state index is -2.90. The van der Waals surface area contributed by atoms with E-state index in [1.54, 1.807) is 11.6 Å². The van der Waals surface area contributed by atoms with E-state index in [1.165, 1.54) is 18.7 Å². The summed E-state index contributed by atoms with van der Waals surface area (Å²) < 4.78 is 24.7. The van der Waals surface area contributed by atoms with Gasteiger partial charge >= 0.3 is 0 Å². The summed E-state index contributed by atoms with van der Waals surface area (Å²) in [5.74, 6) is 0.508. The van der Waals surface area contributed by atoms with Crippen LogP contribution >= 0.6 is 11.8 Å². The highest BCUT2D eigenvalue weighted by Crippen LogP contribution is 2.23. The molecule has 0 aromatic carbocycles. The van der Waals surface area contributed by atoms with Crippen LogP contribution < -0.4 is 5.32 Å². The summed E-state index contributed by atoms with van der Waals surface area (Å²) in [4.78, 5) is 22.2. The van der Waals surface area contributed by atoms with E-state index >= 15 is 0 Å². The van der Waals surface area contributed by atoms with Crippen molar-refractivity contribution in [1.29, 1.82) is 0 Å². The van der Waals surface area contributed by atoms with Crippen molar-refractivity contribution in [3.05, 3.63) is 5.82 Å². The highest BCUT2D eigenvalue weighted by molar-refractivity contribution is 7.99. The quantitative estimate of drug-likeness (QED) is 0.719. The first-order valence-electron chi connectivity index (χ1n) is 6.79. The number of thioether (sulfide) groups is 1. The SMILES string of the molecule is CC(=O)NC(=O)CSc1nnc(C[C@@H]2CCS(=O)(=O)C2)n1C. The van der Waals surface area contributed by atoms with Gasteiger partial charge in [-0.15, -0.1) is 10.2 Å². The molecule has 2 amide bonds. The van der Waals surface area contributed by atoms with Crippen LogP contribution in [0.1, 0.15) is 19.2 Å². The van der Waals surface area contributed by atoms with E-state index in [1.807, 2.05) is 0 Å². The van der Waals surface area contributed by atoms with Crippen LogP contribution in [0, 0.1) is 5.92 Å². The monoisotopic (exact) mass is 346 g/mol. The zero-order valence-corrected chi connectivity index (χ0v) is 14.0. The van der Waals surface area contributed by atoms with Crippen LogP contribution in [0.25, 0.3) is 0 Å². The minimum Gasteiger partial charge on any atom is -0.309 e. The maximum absolute atomic E-state index is 11.5. The summed E-state index contributed by atoms with van der Waals surface area (Å²) >= 11 is 1.18. The van der Waals surface area contributed by atoms with Crippen molar-refractivity contribution < 1.29 is 18.0 Å². The normalized spacial score (nSPS) is 20.0. The van der Waals surface area contributed by atoms with Crippen molar-refractivity contribution >= 4 is 33.4 Å². The topological polar surface area (TPSA) is 111 Å². The van der Waals surface area contributed by atoms with Gasteiger partial charge in [-0.05, 0) is 12.3 Å². The van der Waals surface area contributed by atoms with Crippen molar-refractivity contribution in [2.45, 2.75) is 24.9 Å². The van der Waals surface area contributed by atoms with Crippen LogP contribution in [0.2, 0.25) is 0 Å². The molecule has 8 nitrogen and oxygen atoms in total. The molecule has 1 saturated heterocycles. The molecule has 1 aliphatic heterocycles. The van der Waals surface area contributed by atoms with E-state index in [0.29, 0.717) is 23.8 Å². The van der Waals surface area contributed by atoms with Crippen LogP contribution in [0.5, 0.6) is 0 Å². The average molecular weight is 346 g/mol. The van der Waals surface area contributed by atoms with Crippen LogP contribution in [-0.2, 0) is 32.9 Å². The number of carbonyl (C=O) groups excluding carboxylic acids is 2. The molecule has 0 aliphatic carbocycles. The third kappa shape index (κ3) is 4.54. The maximum Gasteiger partial charge on any atom is 0.237 e. The van der Waals surface area contributed by atoms with Gasteiger partial charge in [0.2, 0.25) is 11.8 Å². The number of carbonyl (C=O) groups is 2. The lowest BCUT2D eigenvalue weighted by Crippen LogP contribution is -2.29. The van der Waals surface area contributed by atoms with Crippen molar-refractivity contribution in [3.8, 4) is 0 Å². The van der Waals surface area contributed by atoms with E-state index in [9.17, 15) is 18.0 Å². The number of nitrogens with one attached hydrogen (secondary N) is 1. The summed E-state index contributed by atoms with van der Waals surface area (Å²) in [6.45, 7) is 1.28. The van der Waals surface area contributed by atoms with Gasteiger partial charge in [-0.2, -0.15) is 0 Å². The van der Waals surface area contributed by atoms with Gasteiger partial charge in [-0.1, -0.05) is 11.8 Å². The van der Waals surface area contributed by atoms with Crippen LogP contribution in [0.3, 0.4) is 0 Å². The van der Waals surface area contributed by atoms with Crippen molar-refractivity contribution in [1.82, 2.24) is 20.1 Å². The Morgan fingerprint density at radius 3 is 2.73 bits per heavy atom. The number of sulfone groups is 1. The van der Waals surface area contributed by atoms with Crippen LogP contribution in [0.15, 0.2) is 5.16 Å². The molecule has 1 fully saturated rings. The third-order valence-corrected chi connectivity index (χ3v) is 6.23. The lowest BCUT2D eigenvalue weighted by atomic mass is 10.1. The lowest BCUT2D eigenvalue weighted by molar-refractivity contribution is -0.127. The zero-order chi connectivity index (χ0) is 16.3. The molecule has 10 heteroatoms. The summed E-state index contributed by atoms with van der Waals surface area (Å²) in [5.41, 5.74) is 0. The van der Waals surface area contributed by atoms with E-state index in [2.05, 4.69) is 15.5 Å². The molecule has 0 radical (unpaired) electrons. The van der Waals surface area contributed by atoms with Crippen molar-refractivity contribution in [2.24, 2.45) is 13.0 Å². The average Bonchev–Trinajstić information content (AvgIpc) is 2.91. The second-order valence-corrected chi connectivity index (χ2v) is 8.50. The highest BCUT2D eigenvalue weighted by Gasteiger charge is 2.29. The van der Waals surface area contributed by atoms with Gasteiger partial charge in [0.05, 0.1) is 17.3 Å². The molecule has 1 aromatic heterocycles. The molecule has 2 heterocycles. The van der Waals surface area contributed by atoms with E-state index in [0.717, 1.165) is 0 Å². The smallest absolute Gasteiger partial charge is 0.237 e.